The lowest BCUT2D eigenvalue weighted by molar-refractivity contribution is 0.0600. The molecule has 110 valence electrons. The number of thioether (sulfide) groups is 1. The molecule has 0 atom stereocenters. The fourth-order valence-corrected chi connectivity index (χ4v) is 2.88. The molecule has 1 aromatic heterocycles. The highest BCUT2D eigenvalue weighted by Gasteiger charge is 2.12. The summed E-state index contributed by atoms with van der Waals surface area (Å²) in [6.45, 7) is 1.79. The van der Waals surface area contributed by atoms with Gasteiger partial charge in [-0.15, -0.1) is 0 Å². The van der Waals surface area contributed by atoms with Gasteiger partial charge in [-0.2, -0.15) is 0 Å². The van der Waals surface area contributed by atoms with Crippen LogP contribution in [0, 0.1) is 6.92 Å². The Morgan fingerprint density at radius 3 is 2.81 bits per heavy atom. The molecule has 21 heavy (non-hydrogen) atoms. The molecule has 6 heteroatoms. The van der Waals surface area contributed by atoms with Gasteiger partial charge in [-0.25, -0.2) is 9.78 Å². The maximum atomic E-state index is 11.7. The van der Waals surface area contributed by atoms with E-state index in [2.05, 4.69) is 4.98 Å². The lowest BCUT2D eigenvalue weighted by atomic mass is 10.1. The van der Waals surface area contributed by atoms with Crippen LogP contribution >= 0.6 is 11.8 Å². The topological polar surface area (TPSA) is 61.2 Å². The van der Waals surface area contributed by atoms with Crippen LogP contribution in [0.25, 0.3) is 0 Å². The second-order valence-corrected chi connectivity index (χ2v) is 5.46. The number of benzene rings is 1. The standard InChI is InChI=1S/C15H16N2O3S/c1-10-8-13(18)17(2)15(16-10)21-9-11-6-4-5-7-12(11)14(19)20-3/h4-8H,9H2,1-3H3. The number of carbonyl (C=O) groups excluding carboxylic acids is 1. The van der Waals surface area contributed by atoms with Gasteiger partial charge in [0.25, 0.3) is 5.56 Å². The van der Waals surface area contributed by atoms with Crippen molar-refractivity contribution in [3.63, 3.8) is 0 Å². The zero-order chi connectivity index (χ0) is 15.4. The van der Waals surface area contributed by atoms with Gasteiger partial charge < -0.3 is 4.74 Å². The maximum Gasteiger partial charge on any atom is 0.338 e. The SMILES string of the molecule is COC(=O)c1ccccc1CSc1nc(C)cc(=O)n1C. The third-order valence-corrected chi connectivity index (χ3v) is 4.08. The van der Waals surface area contributed by atoms with E-state index in [-0.39, 0.29) is 11.5 Å². The van der Waals surface area contributed by atoms with Crippen molar-refractivity contribution in [2.75, 3.05) is 7.11 Å². The van der Waals surface area contributed by atoms with Crippen molar-refractivity contribution in [1.29, 1.82) is 0 Å². The first kappa shape index (κ1) is 15.3. The van der Waals surface area contributed by atoms with Crippen molar-refractivity contribution in [3.05, 3.63) is 57.5 Å². The molecule has 1 aromatic carbocycles. The van der Waals surface area contributed by atoms with Gasteiger partial charge in [0.1, 0.15) is 0 Å². The Labute approximate surface area is 127 Å². The van der Waals surface area contributed by atoms with E-state index in [1.807, 2.05) is 12.1 Å². The van der Waals surface area contributed by atoms with Crippen molar-refractivity contribution in [1.82, 2.24) is 9.55 Å². The molecule has 0 amide bonds. The van der Waals surface area contributed by atoms with Gasteiger partial charge in [0.15, 0.2) is 5.16 Å². The molecule has 0 saturated heterocycles. The van der Waals surface area contributed by atoms with Crippen LogP contribution in [0.5, 0.6) is 0 Å². The zero-order valence-corrected chi connectivity index (χ0v) is 12.9. The van der Waals surface area contributed by atoms with E-state index >= 15 is 0 Å². The van der Waals surface area contributed by atoms with Gasteiger partial charge in [-0.1, -0.05) is 30.0 Å². The van der Waals surface area contributed by atoms with Crippen molar-refractivity contribution in [3.8, 4) is 0 Å². The first-order chi connectivity index (χ1) is 10.0. The second-order valence-electron chi connectivity index (χ2n) is 4.51. The van der Waals surface area contributed by atoms with E-state index in [0.717, 1.165) is 5.56 Å². The molecule has 0 saturated carbocycles. The van der Waals surface area contributed by atoms with Crippen LogP contribution in [-0.2, 0) is 17.5 Å². The summed E-state index contributed by atoms with van der Waals surface area (Å²) >= 11 is 1.41. The minimum Gasteiger partial charge on any atom is -0.465 e. The molecule has 0 bridgehead atoms. The van der Waals surface area contributed by atoms with Crippen LogP contribution in [0.4, 0.5) is 0 Å². The molecule has 0 fully saturated rings. The largest absolute Gasteiger partial charge is 0.465 e. The molecular formula is C15H16N2O3S. The van der Waals surface area contributed by atoms with Crippen molar-refractivity contribution in [2.24, 2.45) is 7.05 Å². The highest BCUT2D eigenvalue weighted by atomic mass is 32.2. The second kappa shape index (κ2) is 6.58. The molecule has 5 nitrogen and oxygen atoms in total. The van der Waals surface area contributed by atoms with Crippen LogP contribution in [-0.4, -0.2) is 22.6 Å². The molecule has 0 unspecified atom stereocenters. The molecule has 0 aliphatic heterocycles. The number of hydrogen-bond donors (Lipinski definition) is 0. The summed E-state index contributed by atoms with van der Waals surface area (Å²) in [6, 6.07) is 8.75. The van der Waals surface area contributed by atoms with Gasteiger partial charge in [0.05, 0.1) is 12.7 Å². The molecule has 2 rings (SSSR count). The minimum atomic E-state index is -0.364. The monoisotopic (exact) mass is 304 g/mol. The molecule has 0 N–H and O–H groups in total. The Bertz CT molecular complexity index is 725. The fraction of sp³-hybridized carbons (Fsp3) is 0.267. The van der Waals surface area contributed by atoms with E-state index in [4.69, 9.17) is 4.74 Å². The number of ether oxygens (including phenoxy) is 1. The zero-order valence-electron chi connectivity index (χ0n) is 12.1. The average Bonchev–Trinajstić information content (AvgIpc) is 2.49. The van der Waals surface area contributed by atoms with Crippen molar-refractivity contribution >= 4 is 17.7 Å². The summed E-state index contributed by atoms with van der Waals surface area (Å²) in [5.74, 6) is 0.173. The summed E-state index contributed by atoms with van der Waals surface area (Å²) in [5.41, 5.74) is 1.98. The molecule has 0 spiro atoms. The number of aromatic nitrogens is 2. The van der Waals surface area contributed by atoms with Crippen molar-refractivity contribution < 1.29 is 9.53 Å². The number of esters is 1. The molecular weight excluding hydrogens is 288 g/mol. The normalized spacial score (nSPS) is 10.4. The fourth-order valence-electron chi connectivity index (χ4n) is 1.85. The predicted octanol–water partition coefficient (Wildman–Crippen LogP) is 2.17. The summed E-state index contributed by atoms with van der Waals surface area (Å²) in [7, 11) is 3.04. The molecule has 1 heterocycles. The van der Waals surface area contributed by atoms with Crippen molar-refractivity contribution in [2.45, 2.75) is 17.8 Å². The lowest BCUT2D eigenvalue weighted by Crippen LogP contribution is -2.19. The van der Waals surface area contributed by atoms with Gasteiger partial charge in [-0.3, -0.25) is 9.36 Å². The van der Waals surface area contributed by atoms with Crippen LogP contribution < -0.4 is 5.56 Å². The number of nitrogens with zero attached hydrogens (tertiary/aromatic N) is 2. The lowest BCUT2D eigenvalue weighted by Gasteiger charge is -2.09. The number of carbonyl (C=O) groups is 1. The van der Waals surface area contributed by atoms with Crippen LogP contribution in [0.15, 0.2) is 40.3 Å². The number of aryl methyl sites for hydroxylation is 1. The van der Waals surface area contributed by atoms with Crippen LogP contribution in [0.3, 0.4) is 0 Å². The first-order valence-electron chi connectivity index (χ1n) is 6.36. The number of methoxy groups -OCH3 is 1. The van der Waals surface area contributed by atoms with E-state index < -0.39 is 0 Å². The maximum absolute atomic E-state index is 11.7. The first-order valence-corrected chi connectivity index (χ1v) is 7.35. The predicted molar refractivity (Wildman–Crippen MR) is 81.6 cm³/mol. The molecule has 2 aromatic rings. The van der Waals surface area contributed by atoms with Crippen LogP contribution in [0.1, 0.15) is 21.6 Å². The third kappa shape index (κ3) is 3.52. The van der Waals surface area contributed by atoms with E-state index in [0.29, 0.717) is 22.2 Å². The Balaban J connectivity index is 2.25. The van der Waals surface area contributed by atoms with Crippen LogP contribution in [0.2, 0.25) is 0 Å². The van der Waals surface area contributed by atoms with E-state index in [1.165, 1.54) is 29.5 Å². The van der Waals surface area contributed by atoms with Gasteiger partial charge >= 0.3 is 5.97 Å². The smallest absolute Gasteiger partial charge is 0.338 e. The number of hydrogen-bond acceptors (Lipinski definition) is 5. The Morgan fingerprint density at radius 2 is 2.10 bits per heavy atom. The number of rotatable bonds is 4. The Kier molecular flexibility index (Phi) is 4.80. The quantitative estimate of drug-likeness (QED) is 0.492. The molecule has 0 aliphatic rings. The summed E-state index contributed by atoms with van der Waals surface area (Å²) in [4.78, 5) is 27.8. The van der Waals surface area contributed by atoms with Gasteiger partial charge in [-0.05, 0) is 18.6 Å². The van der Waals surface area contributed by atoms with E-state index in [1.54, 1.807) is 26.1 Å². The molecule has 0 aliphatic carbocycles. The Hall–Kier alpha value is -2.08. The van der Waals surface area contributed by atoms with Gasteiger partial charge in [0.2, 0.25) is 0 Å². The highest BCUT2D eigenvalue weighted by Crippen LogP contribution is 2.22. The molecule has 0 radical (unpaired) electrons. The summed E-state index contributed by atoms with van der Waals surface area (Å²) < 4.78 is 6.27. The summed E-state index contributed by atoms with van der Waals surface area (Å²) in [5, 5.41) is 0.625. The third-order valence-electron chi connectivity index (χ3n) is 3.00. The highest BCUT2D eigenvalue weighted by molar-refractivity contribution is 7.98. The average molecular weight is 304 g/mol. The minimum absolute atomic E-state index is 0.0914. The Morgan fingerprint density at radius 1 is 1.38 bits per heavy atom. The van der Waals surface area contributed by atoms with Gasteiger partial charge in [0, 0.05) is 24.6 Å². The summed E-state index contributed by atoms with van der Waals surface area (Å²) in [6.07, 6.45) is 0. The van der Waals surface area contributed by atoms with E-state index in [9.17, 15) is 9.59 Å².